The molecular formula is C24H23ClN4O2. The summed E-state index contributed by atoms with van der Waals surface area (Å²) < 4.78 is 10.6. The summed E-state index contributed by atoms with van der Waals surface area (Å²) >= 11 is 6.37. The van der Waals surface area contributed by atoms with E-state index in [9.17, 15) is 0 Å². The summed E-state index contributed by atoms with van der Waals surface area (Å²) in [7, 11) is 3.32. The van der Waals surface area contributed by atoms with Crippen LogP contribution in [0.1, 0.15) is 11.1 Å². The number of halogens is 1. The third-order valence-electron chi connectivity index (χ3n) is 5.05. The van der Waals surface area contributed by atoms with Crippen LogP contribution >= 0.6 is 11.6 Å². The monoisotopic (exact) mass is 434 g/mol. The van der Waals surface area contributed by atoms with Crippen LogP contribution in [0.5, 0.6) is 11.5 Å². The van der Waals surface area contributed by atoms with Crippen LogP contribution in [0, 0.1) is 0 Å². The fourth-order valence-electron chi connectivity index (χ4n) is 3.47. The molecule has 0 saturated heterocycles. The Hall–Kier alpha value is -3.51. The second kappa shape index (κ2) is 9.10. The first-order chi connectivity index (χ1) is 15.1. The van der Waals surface area contributed by atoms with E-state index in [4.69, 9.17) is 26.8 Å². The van der Waals surface area contributed by atoms with Gasteiger partial charge < -0.3 is 20.1 Å². The molecule has 0 radical (unpaired) electrons. The zero-order valence-electron chi connectivity index (χ0n) is 17.4. The first-order valence-electron chi connectivity index (χ1n) is 9.78. The molecule has 0 fully saturated rings. The van der Waals surface area contributed by atoms with Gasteiger partial charge in [-0.15, -0.1) is 0 Å². The van der Waals surface area contributed by atoms with Gasteiger partial charge in [0, 0.05) is 24.7 Å². The van der Waals surface area contributed by atoms with E-state index in [2.05, 4.69) is 14.9 Å². The minimum atomic E-state index is 0.405. The van der Waals surface area contributed by atoms with Gasteiger partial charge in [-0.25, -0.2) is 9.97 Å². The highest BCUT2D eigenvalue weighted by molar-refractivity contribution is 6.30. The van der Waals surface area contributed by atoms with Gasteiger partial charge >= 0.3 is 0 Å². The summed E-state index contributed by atoms with van der Waals surface area (Å²) in [4.78, 5) is 11.1. The highest BCUT2D eigenvalue weighted by Crippen LogP contribution is 2.31. The number of nitrogens with two attached hydrogens (primary N) is 1. The smallest absolute Gasteiger partial charge is 0.140 e. The van der Waals surface area contributed by atoms with Gasteiger partial charge in [0.05, 0.1) is 14.2 Å². The number of nitrogens with zero attached hydrogens (tertiary/aromatic N) is 3. The normalized spacial score (nSPS) is 10.8. The Morgan fingerprint density at radius 2 is 1.42 bits per heavy atom. The van der Waals surface area contributed by atoms with Gasteiger partial charge in [-0.1, -0.05) is 35.9 Å². The van der Waals surface area contributed by atoms with E-state index < -0.39 is 0 Å². The van der Waals surface area contributed by atoms with E-state index in [1.54, 1.807) is 26.5 Å². The van der Waals surface area contributed by atoms with Crippen molar-refractivity contribution in [2.75, 3.05) is 24.9 Å². The van der Waals surface area contributed by atoms with Crippen molar-refractivity contribution in [3.05, 3.63) is 83.1 Å². The average Bonchev–Trinajstić information content (AvgIpc) is 2.78. The van der Waals surface area contributed by atoms with Crippen LogP contribution in [0.25, 0.3) is 10.8 Å². The van der Waals surface area contributed by atoms with E-state index in [0.717, 1.165) is 39.2 Å². The molecule has 158 valence electrons. The Kier molecular flexibility index (Phi) is 6.09. The summed E-state index contributed by atoms with van der Waals surface area (Å²) in [5.74, 6) is 2.83. The fourth-order valence-corrected chi connectivity index (χ4v) is 3.66. The summed E-state index contributed by atoms with van der Waals surface area (Å²) in [5.41, 5.74) is 8.13. The number of fused-ring (bicyclic) bond motifs is 1. The third kappa shape index (κ3) is 4.81. The maximum atomic E-state index is 6.37. The largest absolute Gasteiger partial charge is 0.497 e. The number of nitrogen functional groups attached to an aromatic ring is 1. The number of benzene rings is 2. The topological polar surface area (TPSA) is 73.5 Å². The van der Waals surface area contributed by atoms with Crippen LogP contribution in [0.4, 0.5) is 11.6 Å². The third-order valence-corrected chi connectivity index (χ3v) is 5.24. The van der Waals surface area contributed by atoms with Crippen LogP contribution in [-0.4, -0.2) is 24.2 Å². The minimum absolute atomic E-state index is 0.405. The molecule has 0 amide bonds. The van der Waals surface area contributed by atoms with Gasteiger partial charge in [-0.05, 0) is 52.9 Å². The van der Waals surface area contributed by atoms with Crippen molar-refractivity contribution in [1.82, 2.24) is 9.97 Å². The zero-order chi connectivity index (χ0) is 21.8. The van der Waals surface area contributed by atoms with E-state index in [0.29, 0.717) is 24.1 Å². The number of methoxy groups -OCH3 is 2. The lowest BCUT2D eigenvalue weighted by molar-refractivity contribution is 0.414. The number of hydrogen-bond acceptors (Lipinski definition) is 6. The number of anilines is 2. The van der Waals surface area contributed by atoms with Gasteiger partial charge in [0.15, 0.2) is 0 Å². The van der Waals surface area contributed by atoms with Gasteiger partial charge in [0.25, 0.3) is 0 Å². The first kappa shape index (κ1) is 20.8. The molecule has 0 unspecified atom stereocenters. The minimum Gasteiger partial charge on any atom is -0.497 e. The van der Waals surface area contributed by atoms with Gasteiger partial charge in [-0.3, -0.25) is 0 Å². The molecule has 0 aliphatic carbocycles. The van der Waals surface area contributed by atoms with Crippen LogP contribution in [0.3, 0.4) is 0 Å². The standard InChI is InChI=1S/C24H23ClN4O2/c1-30-19-7-3-16(4-8-19)14-29(15-17-5-9-20(31-2)10-6-17)24-21-13-27-23(26)12-18(21)11-22(25)28-24/h3-13H,14-15H2,1-2H3,(H2,26,27). The summed E-state index contributed by atoms with van der Waals surface area (Å²) in [6.45, 7) is 1.26. The molecule has 0 aliphatic rings. The van der Waals surface area contributed by atoms with E-state index in [-0.39, 0.29) is 0 Å². The van der Waals surface area contributed by atoms with Gasteiger partial charge in [-0.2, -0.15) is 0 Å². The molecule has 2 heterocycles. The lowest BCUT2D eigenvalue weighted by atomic mass is 10.1. The number of pyridine rings is 2. The predicted molar refractivity (Wildman–Crippen MR) is 125 cm³/mol. The van der Waals surface area contributed by atoms with Crippen molar-refractivity contribution in [1.29, 1.82) is 0 Å². The highest BCUT2D eigenvalue weighted by Gasteiger charge is 2.16. The molecule has 4 aromatic rings. The molecule has 2 aromatic carbocycles. The summed E-state index contributed by atoms with van der Waals surface area (Å²) in [6, 6.07) is 19.6. The Labute approximate surface area is 186 Å². The van der Waals surface area contributed by atoms with Crippen molar-refractivity contribution in [2.24, 2.45) is 0 Å². The van der Waals surface area contributed by atoms with Crippen molar-refractivity contribution in [3.8, 4) is 11.5 Å². The average molecular weight is 435 g/mol. The molecule has 7 heteroatoms. The number of aromatic nitrogens is 2. The number of ether oxygens (including phenoxy) is 2. The van der Waals surface area contributed by atoms with Crippen LogP contribution in [0.2, 0.25) is 5.15 Å². The van der Waals surface area contributed by atoms with E-state index in [1.165, 1.54) is 0 Å². The molecule has 0 saturated carbocycles. The Morgan fingerprint density at radius 1 is 0.871 bits per heavy atom. The molecule has 0 bridgehead atoms. The Balaban J connectivity index is 1.76. The predicted octanol–water partition coefficient (Wildman–Crippen LogP) is 5.09. The fraction of sp³-hybridized carbons (Fsp3) is 0.167. The van der Waals surface area contributed by atoms with E-state index in [1.807, 2.05) is 54.6 Å². The second-order valence-electron chi connectivity index (χ2n) is 7.15. The number of hydrogen-bond donors (Lipinski definition) is 1. The SMILES string of the molecule is COc1ccc(CN(Cc2ccc(OC)cc2)c2nc(Cl)cc3cc(N)ncc23)cc1. The molecule has 6 nitrogen and oxygen atoms in total. The van der Waals surface area contributed by atoms with Crippen molar-refractivity contribution in [3.63, 3.8) is 0 Å². The first-order valence-corrected chi connectivity index (χ1v) is 10.2. The van der Waals surface area contributed by atoms with Crippen LogP contribution in [0.15, 0.2) is 66.9 Å². The molecule has 31 heavy (non-hydrogen) atoms. The lowest BCUT2D eigenvalue weighted by Gasteiger charge is -2.26. The Bertz CT molecular complexity index is 1130. The maximum absolute atomic E-state index is 6.37. The highest BCUT2D eigenvalue weighted by atomic mass is 35.5. The lowest BCUT2D eigenvalue weighted by Crippen LogP contribution is -2.23. The molecule has 0 atom stereocenters. The number of rotatable bonds is 7. The van der Waals surface area contributed by atoms with Gasteiger partial charge in [0.2, 0.25) is 0 Å². The molecule has 4 rings (SSSR count). The maximum Gasteiger partial charge on any atom is 0.140 e. The molecule has 0 aliphatic heterocycles. The molecular weight excluding hydrogens is 412 g/mol. The summed E-state index contributed by atoms with van der Waals surface area (Å²) in [5, 5.41) is 2.19. The summed E-state index contributed by atoms with van der Waals surface area (Å²) in [6.07, 6.45) is 1.75. The van der Waals surface area contributed by atoms with Crippen LogP contribution in [-0.2, 0) is 13.1 Å². The Morgan fingerprint density at radius 3 is 1.94 bits per heavy atom. The van der Waals surface area contributed by atoms with Crippen LogP contribution < -0.4 is 20.1 Å². The molecule has 2 aromatic heterocycles. The van der Waals surface area contributed by atoms with E-state index >= 15 is 0 Å². The quantitative estimate of drug-likeness (QED) is 0.408. The van der Waals surface area contributed by atoms with Crippen molar-refractivity contribution < 1.29 is 9.47 Å². The van der Waals surface area contributed by atoms with Gasteiger partial charge in [0.1, 0.15) is 28.3 Å². The van der Waals surface area contributed by atoms with Crippen molar-refractivity contribution in [2.45, 2.75) is 13.1 Å². The zero-order valence-corrected chi connectivity index (χ0v) is 18.1. The van der Waals surface area contributed by atoms with Crippen molar-refractivity contribution >= 4 is 34.0 Å². The molecule has 2 N–H and O–H groups in total. The molecule has 0 spiro atoms. The second-order valence-corrected chi connectivity index (χ2v) is 7.54.